The van der Waals surface area contributed by atoms with Gasteiger partial charge in [0.2, 0.25) is 11.8 Å². The summed E-state index contributed by atoms with van der Waals surface area (Å²) in [4.78, 5) is 88.6. The molecule has 3 heterocycles. The first-order chi connectivity index (χ1) is 27.5. The predicted octanol–water partition coefficient (Wildman–Crippen LogP) is 5.47. The molecule has 0 bridgehead atoms. The van der Waals surface area contributed by atoms with Crippen molar-refractivity contribution in [1.82, 2.24) is 20.1 Å². The minimum atomic E-state index is -0.734. The summed E-state index contributed by atoms with van der Waals surface area (Å²) in [6, 6.07) is 15.6. The Kier molecular flexibility index (Phi) is 15.2. The number of nitrogens with two attached hydrogens (primary N) is 1. The smallest absolute Gasteiger partial charge is 0.255 e. The second kappa shape index (κ2) is 20.6. The van der Waals surface area contributed by atoms with E-state index in [-0.39, 0.29) is 60.4 Å². The van der Waals surface area contributed by atoms with Crippen LogP contribution in [0.2, 0.25) is 0 Å². The number of hydrogen-bond donors (Lipinski definition) is 3. The van der Waals surface area contributed by atoms with Crippen molar-refractivity contribution in [3.8, 4) is 0 Å². The maximum absolute atomic E-state index is 13.6. The highest BCUT2D eigenvalue weighted by molar-refractivity contribution is 6.13. The van der Waals surface area contributed by atoms with Crippen LogP contribution in [0.3, 0.4) is 0 Å². The molecule has 0 saturated carbocycles. The van der Waals surface area contributed by atoms with Gasteiger partial charge < -0.3 is 21.3 Å². The van der Waals surface area contributed by atoms with E-state index in [9.17, 15) is 28.8 Å². The molecule has 3 aromatic rings. The number of Topliss-reactive ketones (excluding diaryl/α,β-unsaturated/α-hetero) is 1. The summed E-state index contributed by atoms with van der Waals surface area (Å²) in [7, 11) is 0. The molecule has 0 aliphatic carbocycles. The number of pyridine rings is 1. The van der Waals surface area contributed by atoms with E-state index in [1.165, 1.54) is 23.2 Å². The number of nitrogens with one attached hydrogen (secondary N) is 2. The van der Waals surface area contributed by atoms with Gasteiger partial charge in [0.05, 0.1) is 23.6 Å². The van der Waals surface area contributed by atoms with E-state index >= 15 is 0 Å². The Labute approximate surface area is 333 Å². The van der Waals surface area contributed by atoms with Crippen LogP contribution in [0.5, 0.6) is 0 Å². The number of rotatable bonds is 20. The summed E-state index contributed by atoms with van der Waals surface area (Å²) in [5.74, 6) is -1.18. The zero-order valence-corrected chi connectivity index (χ0v) is 32.7. The normalized spacial score (nSPS) is 14.0. The van der Waals surface area contributed by atoms with E-state index in [1.807, 2.05) is 49.1 Å². The SMILES string of the molecule is CCCN(CCC)C(=O)C1=Cc2ccc(C(=O)Nc3cncc(CCC(=O)C(Cc4ccccc4)NC(=O)CCCCCN4C(=O)C=CC4=O)c3)cc2N=C(N)C1. The van der Waals surface area contributed by atoms with Gasteiger partial charge in [0, 0.05) is 73.9 Å². The van der Waals surface area contributed by atoms with Gasteiger partial charge >= 0.3 is 0 Å². The molecular formula is C44H51N7O6. The van der Waals surface area contributed by atoms with E-state index in [0.717, 1.165) is 24.0 Å². The molecule has 0 radical (unpaired) electrons. The lowest BCUT2D eigenvalue weighted by Crippen LogP contribution is -2.42. The number of fused-ring (bicyclic) bond motifs is 1. The van der Waals surface area contributed by atoms with Gasteiger partial charge in [-0.2, -0.15) is 0 Å². The number of aromatic nitrogens is 1. The highest BCUT2D eigenvalue weighted by Gasteiger charge is 2.24. The molecule has 5 rings (SSSR count). The van der Waals surface area contributed by atoms with Crippen LogP contribution in [0, 0.1) is 0 Å². The van der Waals surface area contributed by atoms with Crippen molar-refractivity contribution in [2.45, 2.75) is 84.1 Å². The average Bonchev–Trinajstić information content (AvgIpc) is 3.41. The lowest BCUT2D eigenvalue weighted by Gasteiger charge is -2.22. The second-order valence-electron chi connectivity index (χ2n) is 14.3. The Morgan fingerprint density at radius 2 is 1.61 bits per heavy atom. The minimum absolute atomic E-state index is 0.0632. The lowest BCUT2D eigenvalue weighted by atomic mass is 9.97. The Morgan fingerprint density at radius 3 is 2.33 bits per heavy atom. The maximum atomic E-state index is 13.6. The molecule has 4 N–H and O–H groups in total. The van der Waals surface area contributed by atoms with Gasteiger partial charge in [0.25, 0.3) is 17.7 Å². The van der Waals surface area contributed by atoms with E-state index < -0.39 is 6.04 Å². The third-order valence-corrected chi connectivity index (χ3v) is 9.71. The fourth-order valence-electron chi connectivity index (χ4n) is 6.81. The Bertz CT molecular complexity index is 2030. The van der Waals surface area contributed by atoms with Crippen LogP contribution in [-0.4, -0.2) is 81.6 Å². The van der Waals surface area contributed by atoms with Crippen molar-refractivity contribution in [3.63, 3.8) is 0 Å². The lowest BCUT2D eigenvalue weighted by molar-refractivity contribution is -0.137. The van der Waals surface area contributed by atoms with Gasteiger partial charge in [-0.1, -0.05) is 56.7 Å². The molecule has 13 heteroatoms. The van der Waals surface area contributed by atoms with E-state index in [0.29, 0.717) is 79.8 Å². The molecule has 57 heavy (non-hydrogen) atoms. The molecule has 2 aliphatic heterocycles. The third-order valence-electron chi connectivity index (χ3n) is 9.71. The van der Waals surface area contributed by atoms with Gasteiger partial charge in [-0.25, -0.2) is 4.99 Å². The maximum Gasteiger partial charge on any atom is 0.255 e. The molecule has 0 saturated heterocycles. The van der Waals surface area contributed by atoms with Crippen molar-refractivity contribution < 1.29 is 28.8 Å². The molecule has 2 aliphatic rings. The van der Waals surface area contributed by atoms with Crippen molar-refractivity contribution >= 4 is 58.6 Å². The first kappa shape index (κ1) is 41.9. The van der Waals surface area contributed by atoms with E-state index in [1.54, 1.807) is 36.5 Å². The number of amides is 5. The summed E-state index contributed by atoms with van der Waals surface area (Å²) in [6.45, 7) is 5.69. The quantitative estimate of drug-likeness (QED) is 0.0997. The summed E-state index contributed by atoms with van der Waals surface area (Å²) in [6.07, 6.45) is 12.2. The van der Waals surface area contributed by atoms with E-state index in [2.05, 4.69) is 20.6 Å². The molecule has 1 atom stereocenters. The van der Waals surface area contributed by atoms with Gasteiger partial charge in [0.15, 0.2) is 5.78 Å². The first-order valence-electron chi connectivity index (χ1n) is 19.7. The molecule has 5 amide bonds. The third kappa shape index (κ3) is 12.1. The molecule has 1 aromatic heterocycles. The van der Waals surface area contributed by atoms with Crippen LogP contribution < -0.4 is 16.4 Å². The number of aliphatic imine (C=N–C) groups is 1. The number of benzene rings is 2. The van der Waals surface area contributed by atoms with Crippen LogP contribution in [0.25, 0.3) is 6.08 Å². The number of hydrogen-bond acceptors (Lipinski definition) is 9. The zero-order chi connectivity index (χ0) is 40.7. The molecule has 0 fully saturated rings. The van der Waals surface area contributed by atoms with Crippen LogP contribution in [-0.2, 0) is 36.8 Å². The molecule has 2 aromatic carbocycles. The number of carbonyl (C=O) groups excluding carboxylic acids is 6. The minimum Gasteiger partial charge on any atom is -0.387 e. The number of carbonyl (C=O) groups is 6. The van der Waals surface area contributed by atoms with Gasteiger partial charge in [-0.05, 0) is 73.9 Å². The number of imide groups is 1. The second-order valence-corrected chi connectivity index (χ2v) is 14.3. The Balaban J connectivity index is 1.17. The largest absolute Gasteiger partial charge is 0.387 e. The standard InChI is InChI=1S/C44H51N7O6/c1-3-20-50(21-4-2)44(57)34-25-32-15-16-33(26-36(32)48-39(45)27-34)43(56)47-35-23-31(28-46-29-35)14-17-38(52)37(24-30-11-7-5-8-12-30)49-40(53)13-9-6-10-22-51-41(54)18-19-42(51)55/h5,7-8,11-12,15-16,18-19,23,25-26,28-29,37H,3-4,6,9-10,13-14,17,20-22,24,27H2,1-2H3,(H2,45,48)(H,47,56)(H,49,53). The van der Waals surface area contributed by atoms with Crippen LogP contribution in [0.1, 0.15) is 92.3 Å². The summed E-state index contributed by atoms with van der Waals surface area (Å²) in [5, 5.41) is 5.81. The van der Waals surface area contributed by atoms with E-state index in [4.69, 9.17) is 5.73 Å². The number of unbranched alkanes of at least 4 members (excludes halogenated alkanes) is 2. The zero-order valence-electron chi connectivity index (χ0n) is 32.7. The summed E-state index contributed by atoms with van der Waals surface area (Å²) >= 11 is 0. The summed E-state index contributed by atoms with van der Waals surface area (Å²) < 4.78 is 0. The Morgan fingerprint density at radius 1 is 0.877 bits per heavy atom. The van der Waals surface area contributed by atoms with Crippen LogP contribution >= 0.6 is 0 Å². The number of anilines is 1. The average molecular weight is 774 g/mol. The van der Waals surface area contributed by atoms with Gasteiger partial charge in [0.1, 0.15) is 5.84 Å². The van der Waals surface area contributed by atoms with Crippen molar-refractivity contribution in [1.29, 1.82) is 0 Å². The van der Waals surface area contributed by atoms with Crippen LogP contribution in [0.15, 0.2) is 89.7 Å². The highest BCUT2D eigenvalue weighted by atomic mass is 16.2. The topological polar surface area (TPSA) is 184 Å². The predicted molar refractivity (Wildman–Crippen MR) is 219 cm³/mol. The van der Waals surface area contributed by atoms with Crippen LogP contribution in [0.4, 0.5) is 11.4 Å². The fraction of sp³-hybridized carbons (Fsp3) is 0.364. The number of ketones is 1. The van der Waals surface area contributed by atoms with Crippen molar-refractivity contribution in [2.24, 2.45) is 10.7 Å². The molecular weight excluding hydrogens is 723 g/mol. The first-order valence-corrected chi connectivity index (χ1v) is 19.7. The molecule has 13 nitrogen and oxygen atoms in total. The van der Waals surface area contributed by atoms with Crippen molar-refractivity contribution in [2.75, 3.05) is 25.0 Å². The highest BCUT2D eigenvalue weighted by Crippen LogP contribution is 2.29. The number of aryl methyl sites for hydroxylation is 1. The van der Waals surface area contributed by atoms with Gasteiger partial charge in [-0.3, -0.25) is 38.7 Å². The summed E-state index contributed by atoms with van der Waals surface area (Å²) in [5.41, 5.74) is 10.4. The number of amidine groups is 1. The monoisotopic (exact) mass is 773 g/mol. The number of nitrogens with zero attached hydrogens (tertiary/aromatic N) is 4. The van der Waals surface area contributed by atoms with Gasteiger partial charge in [-0.15, -0.1) is 0 Å². The molecule has 0 spiro atoms. The fourth-order valence-corrected chi connectivity index (χ4v) is 6.81. The Hall–Kier alpha value is -6.24. The molecule has 298 valence electrons. The van der Waals surface area contributed by atoms with Crippen molar-refractivity contribution in [3.05, 3.63) is 107 Å². The molecule has 1 unspecified atom stereocenters.